The molecule has 2 N–H and O–H groups in total. The third kappa shape index (κ3) is 7.81. The molecule has 0 bridgehead atoms. The van der Waals surface area contributed by atoms with Gasteiger partial charge in [0.2, 0.25) is 0 Å². The summed E-state index contributed by atoms with van der Waals surface area (Å²) in [5.41, 5.74) is 3.55. The van der Waals surface area contributed by atoms with E-state index in [1.54, 1.807) is 31.4 Å². The Labute approximate surface area is 264 Å². The van der Waals surface area contributed by atoms with E-state index in [0.29, 0.717) is 45.7 Å². The van der Waals surface area contributed by atoms with Crippen LogP contribution in [0.4, 0.5) is 15.9 Å². The van der Waals surface area contributed by atoms with Crippen molar-refractivity contribution in [1.82, 2.24) is 20.3 Å². The molecule has 0 amide bonds. The Morgan fingerprint density at radius 2 is 1.93 bits per heavy atom. The van der Waals surface area contributed by atoms with Crippen molar-refractivity contribution in [2.75, 3.05) is 31.0 Å². The molecule has 0 saturated heterocycles. The number of rotatable bonds is 13. The molecule has 2 aromatic heterocycles. The van der Waals surface area contributed by atoms with Crippen molar-refractivity contribution in [1.29, 1.82) is 0 Å². The van der Waals surface area contributed by atoms with Gasteiger partial charge >= 0.3 is 0 Å². The lowest BCUT2D eigenvalue weighted by molar-refractivity contribution is 0.306. The van der Waals surface area contributed by atoms with E-state index in [2.05, 4.69) is 20.6 Å². The normalized spacial score (nSPS) is 12.3. The van der Waals surface area contributed by atoms with Crippen LogP contribution < -0.4 is 20.1 Å². The summed E-state index contributed by atoms with van der Waals surface area (Å²) in [6.07, 6.45) is 3.45. The van der Waals surface area contributed by atoms with E-state index in [9.17, 15) is 12.8 Å². The zero-order chi connectivity index (χ0) is 31.3. The summed E-state index contributed by atoms with van der Waals surface area (Å²) in [4.78, 5) is 13.8. The minimum absolute atomic E-state index is 0.0614. The van der Waals surface area contributed by atoms with Gasteiger partial charge in [0.15, 0.2) is 0 Å². The average Bonchev–Trinajstić information content (AvgIpc) is 3.48. The van der Waals surface area contributed by atoms with E-state index < -0.39 is 9.84 Å². The summed E-state index contributed by atoms with van der Waals surface area (Å²) in [7, 11) is -1.47. The van der Waals surface area contributed by atoms with Crippen LogP contribution in [-0.4, -0.2) is 49.0 Å². The summed E-state index contributed by atoms with van der Waals surface area (Å²) >= 11 is 8.02. The van der Waals surface area contributed by atoms with Gasteiger partial charge in [0.05, 0.1) is 35.1 Å². The Kier molecular flexibility index (Phi) is 9.94. The SMILES string of the molecule is CCC(NCCS(C)(=O)=O)c1nc(-c2cc3c(Nc4ccc(OCc5cccc(F)c5)c(Cl)c4)ncnc3cc2OC)cs1. The van der Waals surface area contributed by atoms with Crippen LogP contribution in [0.25, 0.3) is 22.2 Å². The van der Waals surface area contributed by atoms with Gasteiger partial charge in [0.1, 0.15) is 50.9 Å². The number of benzene rings is 3. The first-order valence-electron chi connectivity index (χ1n) is 13.8. The third-order valence-electron chi connectivity index (χ3n) is 6.80. The number of sulfone groups is 1. The molecule has 9 nitrogen and oxygen atoms in total. The molecule has 44 heavy (non-hydrogen) atoms. The zero-order valence-electron chi connectivity index (χ0n) is 24.3. The lowest BCUT2D eigenvalue weighted by atomic mass is 10.1. The molecule has 0 spiro atoms. The number of anilines is 2. The van der Waals surface area contributed by atoms with Crippen LogP contribution >= 0.6 is 22.9 Å². The van der Waals surface area contributed by atoms with Gasteiger partial charge < -0.3 is 20.1 Å². The van der Waals surface area contributed by atoms with Crippen molar-refractivity contribution in [2.24, 2.45) is 0 Å². The summed E-state index contributed by atoms with van der Waals surface area (Å²) in [5.74, 6) is 1.38. The molecule has 0 radical (unpaired) electrons. The summed E-state index contributed by atoms with van der Waals surface area (Å²) in [5, 5.41) is 10.6. The standard InChI is InChI=1S/C31H31ClFN5O4S2/c1-4-25(34-10-11-44(3,39)40)31-38-27(17-43-31)22-14-23-26(15-29(22)41-2)35-18-36-30(23)37-21-8-9-28(24(32)13-21)42-16-19-6-5-7-20(33)12-19/h5-9,12-15,17-18,25,34H,4,10-11,16H2,1-3H3,(H,35,36,37). The fourth-order valence-corrected chi connectivity index (χ4v) is 6.27. The summed E-state index contributed by atoms with van der Waals surface area (Å²) in [6, 6.07) is 15.2. The van der Waals surface area contributed by atoms with Crippen LogP contribution in [0.3, 0.4) is 0 Å². The highest BCUT2D eigenvalue weighted by Gasteiger charge is 2.19. The molecule has 1 atom stereocenters. The van der Waals surface area contributed by atoms with Crippen molar-refractivity contribution in [3.8, 4) is 22.8 Å². The zero-order valence-corrected chi connectivity index (χ0v) is 26.7. The second-order valence-electron chi connectivity index (χ2n) is 10.1. The molecular weight excluding hydrogens is 625 g/mol. The summed E-state index contributed by atoms with van der Waals surface area (Å²) < 4.78 is 48.1. The van der Waals surface area contributed by atoms with Crippen LogP contribution in [0.5, 0.6) is 11.5 Å². The highest BCUT2D eigenvalue weighted by molar-refractivity contribution is 7.90. The number of nitrogens with one attached hydrogen (secondary N) is 2. The second-order valence-corrected chi connectivity index (χ2v) is 13.7. The molecule has 1 unspecified atom stereocenters. The largest absolute Gasteiger partial charge is 0.496 e. The molecular formula is C31H31ClFN5O4S2. The van der Waals surface area contributed by atoms with Gasteiger partial charge in [-0.2, -0.15) is 0 Å². The van der Waals surface area contributed by atoms with Gasteiger partial charge in [-0.3, -0.25) is 0 Å². The number of nitrogens with zero attached hydrogens (tertiary/aromatic N) is 3. The second kappa shape index (κ2) is 13.9. The van der Waals surface area contributed by atoms with Gasteiger partial charge in [0.25, 0.3) is 0 Å². The van der Waals surface area contributed by atoms with E-state index in [1.165, 1.54) is 36.1 Å². The summed E-state index contributed by atoms with van der Waals surface area (Å²) in [6.45, 7) is 2.56. The highest BCUT2D eigenvalue weighted by atomic mass is 35.5. The first kappa shape index (κ1) is 31.6. The predicted molar refractivity (Wildman–Crippen MR) is 173 cm³/mol. The lowest BCUT2D eigenvalue weighted by Gasteiger charge is -2.14. The van der Waals surface area contributed by atoms with Crippen LogP contribution in [0, 0.1) is 5.82 Å². The number of halogens is 2. The molecule has 2 heterocycles. The first-order chi connectivity index (χ1) is 21.1. The van der Waals surface area contributed by atoms with Gasteiger partial charge in [-0.25, -0.2) is 27.8 Å². The quantitative estimate of drug-likeness (QED) is 0.139. The molecule has 5 rings (SSSR count). The van der Waals surface area contributed by atoms with Crippen LogP contribution in [0.2, 0.25) is 5.02 Å². The number of ether oxygens (including phenoxy) is 2. The molecule has 230 valence electrons. The molecule has 3 aromatic carbocycles. The number of methoxy groups -OCH3 is 1. The fraction of sp³-hybridized carbons (Fsp3) is 0.258. The molecule has 0 fully saturated rings. The predicted octanol–water partition coefficient (Wildman–Crippen LogP) is 6.96. The Morgan fingerprint density at radius 3 is 2.66 bits per heavy atom. The fourth-order valence-electron chi connectivity index (χ4n) is 4.57. The number of thiazole rings is 1. The minimum Gasteiger partial charge on any atom is -0.496 e. The van der Waals surface area contributed by atoms with Gasteiger partial charge in [-0.05, 0) is 48.4 Å². The van der Waals surface area contributed by atoms with Crippen LogP contribution in [0.15, 0.2) is 66.3 Å². The van der Waals surface area contributed by atoms with E-state index >= 15 is 0 Å². The maximum absolute atomic E-state index is 13.5. The van der Waals surface area contributed by atoms with E-state index in [4.69, 9.17) is 26.1 Å². The Hall–Kier alpha value is -3.84. The van der Waals surface area contributed by atoms with Crippen molar-refractivity contribution in [2.45, 2.75) is 26.0 Å². The topological polar surface area (TPSA) is 115 Å². The smallest absolute Gasteiger partial charge is 0.148 e. The average molecular weight is 656 g/mol. The molecule has 0 aliphatic rings. The Bertz CT molecular complexity index is 1890. The Morgan fingerprint density at radius 1 is 1.09 bits per heavy atom. The van der Waals surface area contributed by atoms with Crippen molar-refractivity contribution >= 4 is 55.2 Å². The van der Waals surface area contributed by atoms with E-state index in [0.717, 1.165) is 28.1 Å². The van der Waals surface area contributed by atoms with Gasteiger partial charge in [-0.1, -0.05) is 30.7 Å². The Balaban J connectivity index is 1.38. The number of hydrogen-bond acceptors (Lipinski definition) is 10. The van der Waals surface area contributed by atoms with Crippen molar-refractivity contribution in [3.05, 3.63) is 87.7 Å². The monoisotopic (exact) mass is 655 g/mol. The number of hydrogen-bond donors (Lipinski definition) is 2. The van der Waals surface area contributed by atoms with Gasteiger partial charge in [-0.15, -0.1) is 11.3 Å². The maximum atomic E-state index is 13.5. The van der Waals surface area contributed by atoms with E-state index in [1.807, 2.05) is 30.5 Å². The maximum Gasteiger partial charge on any atom is 0.148 e. The van der Waals surface area contributed by atoms with E-state index in [-0.39, 0.29) is 24.2 Å². The van der Waals surface area contributed by atoms with Crippen molar-refractivity contribution < 1.29 is 22.3 Å². The minimum atomic E-state index is -3.06. The van der Waals surface area contributed by atoms with Crippen LogP contribution in [-0.2, 0) is 16.4 Å². The van der Waals surface area contributed by atoms with Gasteiger partial charge in [0, 0.05) is 40.9 Å². The number of aromatic nitrogens is 3. The molecule has 0 saturated carbocycles. The molecule has 0 aliphatic carbocycles. The van der Waals surface area contributed by atoms with Crippen LogP contribution in [0.1, 0.15) is 30.0 Å². The first-order valence-corrected chi connectivity index (χ1v) is 17.1. The molecule has 5 aromatic rings. The lowest BCUT2D eigenvalue weighted by Crippen LogP contribution is -2.26. The third-order valence-corrected chi connectivity index (χ3v) is 9.00. The molecule has 0 aliphatic heterocycles. The molecule has 13 heteroatoms. The van der Waals surface area contributed by atoms with Crippen molar-refractivity contribution in [3.63, 3.8) is 0 Å². The highest BCUT2D eigenvalue weighted by Crippen LogP contribution is 2.38. The number of fused-ring (bicyclic) bond motifs is 1.